The number of phenolic OH excluding ortho intramolecular Hbond substituents is 2. The van der Waals surface area contributed by atoms with E-state index in [0.717, 1.165) is 31.5 Å². The van der Waals surface area contributed by atoms with Crippen LogP contribution in [0, 0.1) is 5.92 Å². The predicted molar refractivity (Wildman–Crippen MR) is 73.1 cm³/mol. The maximum absolute atomic E-state index is 12.3. The van der Waals surface area contributed by atoms with Gasteiger partial charge in [-0.1, -0.05) is 13.0 Å². The number of likely N-dealkylation sites (tertiary alicyclic amines) is 1. The standard InChI is InChI=1S/C15H21NO3/c1-11(15(19)16-7-3-2-4-8-16)9-12-5-6-13(17)14(18)10-12/h5-6,10-11,17-18H,2-4,7-9H2,1H3. The van der Waals surface area contributed by atoms with Crippen LogP contribution in [0.3, 0.4) is 0 Å². The minimum Gasteiger partial charge on any atom is -0.504 e. The van der Waals surface area contributed by atoms with E-state index in [1.807, 2.05) is 11.8 Å². The third kappa shape index (κ3) is 3.40. The summed E-state index contributed by atoms with van der Waals surface area (Å²) in [4.78, 5) is 14.2. The van der Waals surface area contributed by atoms with E-state index >= 15 is 0 Å². The number of amides is 1. The Balaban J connectivity index is 1.97. The molecular formula is C15H21NO3. The number of carbonyl (C=O) groups excluding carboxylic acids is 1. The maximum Gasteiger partial charge on any atom is 0.225 e. The fourth-order valence-electron chi connectivity index (χ4n) is 2.56. The Morgan fingerprint density at radius 2 is 1.89 bits per heavy atom. The van der Waals surface area contributed by atoms with Gasteiger partial charge in [-0.3, -0.25) is 4.79 Å². The molecule has 4 heteroatoms. The third-order valence-electron chi connectivity index (χ3n) is 3.67. The van der Waals surface area contributed by atoms with Crippen molar-refractivity contribution in [3.05, 3.63) is 23.8 Å². The highest BCUT2D eigenvalue weighted by atomic mass is 16.3. The van der Waals surface area contributed by atoms with Gasteiger partial charge in [-0.25, -0.2) is 0 Å². The quantitative estimate of drug-likeness (QED) is 0.822. The Morgan fingerprint density at radius 3 is 2.53 bits per heavy atom. The fourth-order valence-corrected chi connectivity index (χ4v) is 2.56. The van der Waals surface area contributed by atoms with Gasteiger partial charge in [0.15, 0.2) is 11.5 Å². The average molecular weight is 263 g/mol. The van der Waals surface area contributed by atoms with Gasteiger partial charge >= 0.3 is 0 Å². The molecule has 1 saturated heterocycles. The lowest BCUT2D eigenvalue weighted by molar-refractivity contribution is -0.135. The summed E-state index contributed by atoms with van der Waals surface area (Å²) in [6.07, 6.45) is 3.99. The first-order valence-corrected chi connectivity index (χ1v) is 6.87. The van der Waals surface area contributed by atoms with Crippen molar-refractivity contribution in [1.29, 1.82) is 0 Å². The molecule has 2 rings (SSSR count). The largest absolute Gasteiger partial charge is 0.504 e. The molecular weight excluding hydrogens is 242 g/mol. The first-order chi connectivity index (χ1) is 9.08. The van der Waals surface area contributed by atoms with Gasteiger partial charge in [0.25, 0.3) is 0 Å². The molecule has 104 valence electrons. The Labute approximate surface area is 113 Å². The topological polar surface area (TPSA) is 60.8 Å². The summed E-state index contributed by atoms with van der Waals surface area (Å²) in [7, 11) is 0. The van der Waals surface area contributed by atoms with Crippen LogP contribution in [0.15, 0.2) is 18.2 Å². The van der Waals surface area contributed by atoms with Crippen molar-refractivity contribution in [2.24, 2.45) is 5.92 Å². The van der Waals surface area contributed by atoms with Gasteiger partial charge in [0, 0.05) is 19.0 Å². The number of piperidine rings is 1. The van der Waals surface area contributed by atoms with E-state index in [0.29, 0.717) is 6.42 Å². The molecule has 19 heavy (non-hydrogen) atoms. The molecule has 0 saturated carbocycles. The highest BCUT2D eigenvalue weighted by Crippen LogP contribution is 2.26. The zero-order valence-electron chi connectivity index (χ0n) is 11.3. The summed E-state index contributed by atoms with van der Waals surface area (Å²) in [5.74, 6) is -0.164. The van der Waals surface area contributed by atoms with Crippen LogP contribution in [0.1, 0.15) is 31.7 Å². The highest BCUT2D eigenvalue weighted by Gasteiger charge is 2.22. The van der Waals surface area contributed by atoms with E-state index < -0.39 is 0 Å². The molecule has 1 aliphatic rings. The van der Waals surface area contributed by atoms with Gasteiger partial charge in [0.1, 0.15) is 0 Å². The number of phenols is 2. The van der Waals surface area contributed by atoms with Crippen LogP contribution in [-0.2, 0) is 11.2 Å². The molecule has 1 heterocycles. The Kier molecular flexibility index (Phi) is 4.30. The van der Waals surface area contributed by atoms with Crippen LogP contribution >= 0.6 is 0 Å². The Morgan fingerprint density at radius 1 is 1.21 bits per heavy atom. The van der Waals surface area contributed by atoms with E-state index in [4.69, 9.17) is 0 Å². The van der Waals surface area contributed by atoms with Crippen molar-refractivity contribution in [2.75, 3.05) is 13.1 Å². The molecule has 1 aliphatic heterocycles. The zero-order chi connectivity index (χ0) is 13.8. The van der Waals surface area contributed by atoms with Crippen LogP contribution in [0.2, 0.25) is 0 Å². The van der Waals surface area contributed by atoms with Gasteiger partial charge in [-0.15, -0.1) is 0 Å². The molecule has 0 aromatic heterocycles. The summed E-state index contributed by atoms with van der Waals surface area (Å²) >= 11 is 0. The Hall–Kier alpha value is -1.71. The lowest BCUT2D eigenvalue weighted by Gasteiger charge is -2.29. The first kappa shape index (κ1) is 13.7. The minimum absolute atomic E-state index is 0.0953. The van der Waals surface area contributed by atoms with E-state index in [2.05, 4.69) is 0 Å². The molecule has 0 bridgehead atoms. The number of benzene rings is 1. The van der Waals surface area contributed by atoms with Gasteiger partial charge in [0.2, 0.25) is 5.91 Å². The molecule has 1 aromatic carbocycles. The minimum atomic E-state index is -0.130. The lowest BCUT2D eigenvalue weighted by Crippen LogP contribution is -2.39. The second-order valence-electron chi connectivity index (χ2n) is 5.31. The zero-order valence-corrected chi connectivity index (χ0v) is 11.3. The van der Waals surface area contributed by atoms with Crippen LogP contribution in [0.25, 0.3) is 0 Å². The molecule has 1 atom stereocenters. The fraction of sp³-hybridized carbons (Fsp3) is 0.533. The molecule has 0 radical (unpaired) electrons. The van der Waals surface area contributed by atoms with Gasteiger partial charge < -0.3 is 15.1 Å². The van der Waals surface area contributed by atoms with Crippen LogP contribution in [-0.4, -0.2) is 34.1 Å². The summed E-state index contributed by atoms with van der Waals surface area (Å²) in [5.41, 5.74) is 0.869. The summed E-state index contributed by atoms with van der Waals surface area (Å²) in [6.45, 7) is 3.65. The number of rotatable bonds is 3. The van der Waals surface area contributed by atoms with E-state index in [9.17, 15) is 15.0 Å². The maximum atomic E-state index is 12.3. The molecule has 1 aromatic rings. The monoisotopic (exact) mass is 263 g/mol. The molecule has 4 nitrogen and oxygen atoms in total. The Bertz CT molecular complexity index is 453. The van der Waals surface area contributed by atoms with Crippen molar-refractivity contribution >= 4 is 5.91 Å². The van der Waals surface area contributed by atoms with Crippen LogP contribution < -0.4 is 0 Å². The predicted octanol–water partition coefficient (Wildman–Crippen LogP) is 2.29. The number of carbonyl (C=O) groups is 1. The van der Waals surface area contributed by atoms with Crippen LogP contribution in [0.5, 0.6) is 11.5 Å². The smallest absolute Gasteiger partial charge is 0.225 e. The third-order valence-corrected chi connectivity index (χ3v) is 3.67. The first-order valence-electron chi connectivity index (χ1n) is 6.87. The van der Waals surface area contributed by atoms with Gasteiger partial charge in [0.05, 0.1) is 0 Å². The average Bonchev–Trinajstić information content (AvgIpc) is 2.43. The highest BCUT2D eigenvalue weighted by molar-refractivity contribution is 5.78. The molecule has 0 aliphatic carbocycles. The molecule has 1 fully saturated rings. The molecule has 0 spiro atoms. The van der Waals surface area contributed by atoms with E-state index in [-0.39, 0.29) is 23.3 Å². The second-order valence-corrected chi connectivity index (χ2v) is 5.31. The summed E-state index contributed by atoms with van der Waals surface area (Å²) < 4.78 is 0. The van der Waals surface area contributed by atoms with Crippen molar-refractivity contribution in [1.82, 2.24) is 4.90 Å². The molecule has 1 unspecified atom stereocenters. The van der Waals surface area contributed by atoms with E-state index in [1.165, 1.54) is 18.6 Å². The van der Waals surface area contributed by atoms with Crippen molar-refractivity contribution in [3.8, 4) is 11.5 Å². The van der Waals surface area contributed by atoms with Crippen LogP contribution in [0.4, 0.5) is 0 Å². The normalized spacial score (nSPS) is 17.2. The van der Waals surface area contributed by atoms with Crippen molar-refractivity contribution in [3.63, 3.8) is 0 Å². The molecule has 1 amide bonds. The second kappa shape index (κ2) is 5.95. The van der Waals surface area contributed by atoms with Gasteiger partial charge in [-0.05, 0) is 43.4 Å². The van der Waals surface area contributed by atoms with E-state index in [1.54, 1.807) is 6.07 Å². The molecule has 2 N–H and O–H groups in total. The number of hydrogen-bond donors (Lipinski definition) is 2. The van der Waals surface area contributed by atoms with Crippen molar-refractivity contribution < 1.29 is 15.0 Å². The SMILES string of the molecule is CC(Cc1ccc(O)c(O)c1)C(=O)N1CCCCC1. The van der Waals surface area contributed by atoms with Crippen molar-refractivity contribution in [2.45, 2.75) is 32.6 Å². The van der Waals surface area contributed by atoms with Gasteiger partial charge in [-0.2, -0.15) is 0 Å². The number of nitrogens with zero attached hydrogens (tertiary/aromatic N) is 1. The lowest BCUT2D eigenvalue weighted by atomic mass is 9.98. The number of hydrogen-bond acceptors (Lipinski definition) is 3. The summed E-state index contributed by atoms with van der Waals surface area (Å²) in [6, 6.07) is 4.73. The number of aromatic hydroxyl groups is 2. The summed E-state index contributed by atoms with van der Waals surface area (Å²) in [5, 5.41) is 18.7.